The van der Waals surface area contributed by atoms with E-state index < -0.39 is 0 Å². The van der Waals surface area contributed by atoms with E-state index in [1.807, 2.05) is 11.3 Å². The molecule has 2 atom stereocenters. The van der Waals surface area contributed by atoms with Gasteiger partial charge in [-0.2, -0.15) is 0 Å². The molecule has 0 amide bonds. The average molecular weight is 237 g/mol. The quantitative estimate of drug-likeness (QED) is 0.822. The Morgan fingerprint density at radius 1 is 1.38 bits per heavy atom. The van der Waals surface area contributed by atoms with Gasteiger partial charge in [0, 0.05) is 22.3 Å². The molecule has 1 nitrogen and oxygen atoms in total. The molecule has 1 aromatic heterocycles. The van der Waals surface area contributed by atoms with Gasteiger partial charge in [0.25, 0.3) is 0 Å². The highest BCUT2D eigenvalue weighted by molar-refractivity contribution is 7.12. The summed E-state index contributed by atoms with van der Waals surface area (Å²) in [6.07, 6.45) is 5.26. The Hall–Kier alpha value is -0.340. The SMILES string of the molecule is CCC(C)C(C)NCc1cc2c(s1)CCC2. The van der Waals surface area contributed by atoms with Gasteiger partial charge < -0.3 is 5.32 Å². The fourth-order valence-electron chi connectivity index (χ4n) is 2.29. The summed E-state index contributed by atoms with van der Waals surface area (Å²) in [7, 11) is 0. The van der Waals surface area contributed by atoms with Gasteiger partial charge in [-0.25, -0.2) is 0 Å². The van der Waals surface area contributed by atoms with Gasteiger partial charge >= 0.3 is 0 Å². The second kappa shape index (κ2) is 5.33. The molecular formula is C14H23NS. The lowest BCUT2D eigenvalue weighted by molar-refractivity contribution is 0.390. The first kappa shape index (κ1) is 12.1. The summed E-state index contributed by atoms with van der Waals surface area (Å²) in [5.74, 6) is 0.770. The monoisotopic (exact) mass is 237 g/mol. The zero-order valence-electron chi connectivity index (χ0n) is 10.7. The minimum atomic E-state index is 0.627. The third kappa shape index (κ3) is 2.67. The molecule has 16 heavy (non-hydrogen) atoms. The summed E-state index contributed by atoms with van der Waals surface area (Å²) in [4.78, 5) is 3.17. The van der Waals surface area contributed by atoms with Gasteiger partial charge in [0.15, 0.2) is 0 Å². The largest absolute Gasteiger partial charge is 0.309 e. The molecule has 1 aliphatic carbocycles. The molecule has 0 fully saturated rings. The molecule has 2 rings (SSSR count). The van der Waals surface area contributed by atoms with Crippen LogP contribution in [0, 0.1) is 5.92 Å². The second-order valence-electron chi connectivity index (χ2n) is 5.07. The van der Waals surface area contributed by atoms with Crippen molar-refractivity contribution >= 4 is 11.3 Å². The summed E-state index contributed by atoms with van der Waals surface area (Å²) < 4.78 is 0. The summed E-state index contributed by atoms with van der Waals surface area (Å²) >= 11 is 2.02. The topological polar surface area (TPSA) is 12.0 Å². The first-order valence-corrected chi connectivity index (χ1v) is 7.36. The molecule has 1 N–H and O–H groups in total. The number of fused-ring (bicyclic) bond motifs is 1. The average Bonchev–Trinajstić information content (AvgIpc) is 2.84. The van der Waals surface area contributed by atoms with Crippen LogP contribution in [0.5, 0.6) is 0 Å². The predicted octanol–water partition coefficient (Wildman–Crippen LogP) is 3.76. The van der Waals surface area contributed by atoms with Crippen molar-refractivity contribution in [1.29, 1.82) is 0 Å². The molecule has 0 saturated carbocycles. The van der Waals surface area contributed by atoms with E-state index >= 15 is 0 Å². The molecule has 0 aliphatic heterocycles. The van der Waals surface area contributed by atoms with Crippen molar-refractivity contribution in [1.82, 2.24) is 5.32 Å². The van der Waals surface area contributed by atoms with Gasteiger partial charge in [0.05, 0.1) is 0 Å². The summed E-state index contributed by atoms with van der Waals surface area (Å²) in [6.45, 7) is 7.95. The summed E-state index contributed by atoms with van der Waals surface area (Å²) in [5, 5.41) is 3.65. The van der Waals surface area contributed by atoms with Crippen LogP contribution in [0.4, 0.5) is 0 Å². The Morgan fingerprint density at radius 3 is 2.88 bits per heavy atom. The lowest BCUT2D eigenvalue weighted by Gasteiger charge is -2.19. The number of aryl methyl sites for hydroxylation is 2. The zero-order valence-corrected chi connectivity index (χ0v) is 11.5. The normalized spacial score (nSPS) is 18.4. The van der Waals surface area contributed by atoms with E-state index in [9.17, 15) is 0 Å². The third-order valence-corrected chi connectivity index (χ3v) is 5.13. The molecule has 0 radical (unpaired) electrons. The van der Waals surface area contributed by atoms with Crippen molar-refractivity contribution in [2.45, 2.75) is 59.0 Å². The lowest BCUT2D eigenvalue weighted by Crippen LogP contribution is -2.31. The van der Waals surface area contributed by atoms with Gasteiger partial charge in [-0.3, -0.25) is 0 Å². The minimum absolute atomic E-state index is 0.627. The molecule has 1 heterocycles. The molecule has 0 aromatic carbocycles. The van der Waals surface area contributed by atoms with E-state index in [1.54, 1.807) is 10.4 Å². The maximum absolute atomic E-state index is 3.65. The number of rotatable bonds is 5. The molecule has 2 heteroatoms. The maximum atomic E-state index is 3.65. The van der Waals surface area contributed by atoms with Gasteiger partial charge in [-0.05, 0) is 43.7 Å². The molecule has 0 saturated heterocycles. The van der Waals surface area contributed by atoms with Crippen LogP contribution in [0.15, 0.2) is 6.07 Å². The van der Waals surface area contributed by atoms with Gasteiger partial charge in [-0.15, -0.1) is 11.3 Å². The zero-order chi connectivity index (χ0) is 11.5. The van der Waals surface area contributed by atoms with E-state index in [0.29, 0.717) is 6.04 Å². The van der Waals surface area contributed by atoms with Crippen LogP contribution in [0.25, 0.3) is 0 Å². The lowest BCUT2D eigenvalue weighted by atomic mass is 10.0. The number of nitrogens with one attached hydrogen (secondary N) is 1. The van der Waals surface area contributed by atoms with Gasteiger partial charge in [0.1, 0.15) is 0 Å². The molecule has 2 unspecified atom stereocenters. The summed E-state index contributed by atoms with van der Waals surface area (Å²) in [6, 6.07) is 3.05. The Labute approximate surface area is 103 Å². The molecule has 0 spiro atoms. The van der Waals surface area contributed by atoms with Gasteiger partial charge in [-0.1, -0.05) is 20.3 Å². The van der Waals surface area contributed by atoms with Crippen LogP contribution >= 0.6 is 11.3 Å². The fraction of sp³-hybridized carbons (Fsp3) is 0.714. The Balaban J connectivity index is 1.85. The van der Waals surface area contributed by atoms with Crippen LogP contribution in [0.1, 0.15) is 48.9 Å². The highest BCUT2D eigenvalue weighted by Gasteiger charge is 2.15. The predicted molar refractivity (Wildman–Crippen MR) is 72.1 cm³/mol. The number of hydrogen-bond donors (Lipinski definition) is 1. The van der Waals surface area contributed by atoms with Crippen LogP contribution < -0.4 is 5.32 Å². The molecular weight excluding hydrogens is 214 g/mol. The summed E-state index contributed by atoms with van der Waals surface area (Å²) in [5.41, 5.74) is 1.62. The smallest absolute Gasteiger partial charge is 0.0302 e. The minimum Gasteiger partial charge on any atom is -0.309 e. The third-order valence-electron chi connectivity index (χ3n) is 3.89. The first-order valence-electron chi connectivity index (χ1n) is 6.54. The van der Waals surface area contributed by atoms with Crippen LogP contribution in [-0.4, -0.2) is 6.04 Å². The van der Waals surface area contributed by atoms with Crippen molar-refractivity contribution in [3.05, 3.63) is 21.4 Å². The van der Waals surface area contributed by atoms with E-state index in [2.05, 4.69) is 32.2 Å². The van der Waals surface area contributed by atoms with Gasteiger partial charge in [0.2, 0.25) is 0 Å². The van der Waals surface area contributed by atoms with Crippen LogP contribution in [0.3, 0.4) is 0 Å². The van der Waals surface area contributed by atoms with E-state index in [0.717, 1.165) is 12.5 Å². The standard InChI is InChI=1S/C14H23NS/c1-4-10(2)11(3)15-9-13-8-12-6-5-7-14(12)16-13/h8,10-11,15H,4-7,9H2,1-3H3. The van der Waals surface area contributed by atoms with Crippen molar-refractivity contribution in [3.63, 3.8) is 0 Å². The van der Waals surface area contributed by atoms with Crippen molar-refractivity contribution in [3.8, 4) is 0 Å². The van der Waals surface area contributed by atoms with Crippen LogP contribution in [0.2, 0.25) is 0 Å². The Bertz CT molecular complexity index is 321. The van der Waals surface area contributed by atoms with Crippen LogP contribution in [-0.2, 0) is 19.4 Å². The first-order chi connectivity index (χ1) is 7.70. The molecule has 90 valence electrons. The van der Waals surface area contributed by atoms with E-state index in [-0.39, 0.29) is 0 Å². The van der Waals surface area contributed by atoms with Crippen molar-refractivity contribution < 1.29 is 0 Å². The second-order valence-corrected chi connectivity index (χ2v) is 6.29. The Morgan fingerprint density at radius 2 is 2.19 bits per heavy atom. The van der Waals surface area contributed by atoms with E-state index in [1.165, 1.54) is 30.6 Å². The Kier molecular flexibility index (Phi) is 4.04. The van der Waals surface area contributed by atoms with E-state index in [4.69, 9.17) is 0 Å². The van der Waals surface area contributed by atoms with Crippen molar-refractivity contribution in [2.24, 2.45) is 5.92 Å². The molecule has 1 aromatic rings. The maximum Gasteiger partial charge on any atom is 0.0302 e. The molecule has 0 bridgehead atoms. The number of hydrogen-bond acceptors (Lipinski definition) is 2. The van der Waals surface area contributed by atoms with Crippen molar-refractivity contribution in [2.75, 3.05) is 0 Å². The fourth-order valence-corrected chi connectivity index (χ4v) is 3.51. The number of thiophene rings is 1. The molecule has 1 aliphatic rings. The highest BCUT2D eigenvalue weighted by Crippen LogP contribution is 2.30. The highest BCUT2D eigenvalue weighted by atomic mass is 32.1.